The number of pyridine rings is 1. The van der Waals surface area contributed by atoms with E-state index in [1.54, 1.807) is 6.20 Å². The first-order valence-corrected chi connectivity index (χ1v) is 4.85. The molecule has 1 aliphatic rings. The van der Waals surface area contributed by atoms with Crippen LogP contribution in [0.2, 0.25) is 0 Å². The highest BCUT2D eigenvalue weighted by molar-refractivity contribution is 5.38. The molecule has 0 fully saturated rings. The zero-order chi connectivity index (χ0) is 9.42. The Morgan fingerprint density at radius 3 is 2.92 bits per heavy atom. The number of aliphatic hydroxyl groups is 1. The van der Waals surface area contributed by atoms with Crippen LogP contribution in [0, 0.1) is 0 Å². The predicted molar refractivity (Wildman–Crippen MR) is 51.6 cm³/mol. The third kappa shape index (κ3) is 1.35. The Morgan fingerprint density at radius 1 is 1.46 bits per heavy atom. The summed E-state index contributed by atoms with van der Waals surface area (Å²) in [6.45, 7) is 4.34. The lowest BCUT2D eigenvalue weighted by Crippen LogP contribution is -1.98. The van der Waals surface area contributed by atoms with Crippen molar-refractivity contribution < 1.29 is 5.11 Å². The molecule has 0 saturated heterocycles. The summed E-state index contributed by atoms with van der Waals surface area (Å²) >= 11 is 0. The molecule has 1 unspecified atom stereocenters. The van der Waals surface area contributed by atoms with Gasteiger partial charge >= 0.3 is 0 Å². The fraction of sp³-hybridized carbons (Fsp3) is 0.545. The Labute approximate surface area is 78.6 Å². The molecule has 1 heterocycles. The average molecular weight is 177 g/mol. The van der Waals surface area contributed by atoms with Crippen molar-refractivity contribution in [2.75, 3.05) is 0 Å². The van der Waals surface area contributed by atoms with Gasteiger partial charge in [0.2, 0.25) is 0 Å². The van der Waals surface area contributed by atoms with E-state index in [9.17, 15) is 5.11 Å². The largest absolute Gasteiger partial charge is 0.388 e. The number of rotatable bonds is 1. The first-order valence-electron chi connectivity index (χ1n) is 4.85. The zero-order valence-electron chi connectivity index (χ0n) is 8.12. The van der Waals surface area contributed by atoms with Gasteiger partial charge in [0.05, 0.1) is 6.10 Å². The Hall–Kier alpha value is -0.890. The SMILES string of the molecule is CC(C)c1cncc2c1CCC2O. The Kier molecular flexibility index (Phi) is 2.08. The topological polar surface area (TPSA) is 33.1 Å². The maximum Gasteiger partial charge on any atom is 0.0810 e. The molecule has 1 aliphatic carbocycles. The van der Waals surface area contributed by atoms with E-state index in [4.69, 9.17) is 0 Å². The van der Waals surface area contributed by atoms with Crippen LogP contribution in [0.5, 0.6) is 0 Å². The predicted octanol–water partition coefficient (Wildman–Crippen LogP) is 2.18. The van der Waals surface area contributed by atoms with E-state index >= 15 is 0 Å². The highest BCUT2D eigenvalue weighted by atomic mass is 16.3. The average Bonchev–Trinajstić information content (AvgIpc) is 2.48. The van der Waals surface area contributed by atoms with E-state index in [2.05, 4.69) is 18.8 Å². The number of aliphatic hydroxyl groups excluding tert-OH is 1. The van der Waals surface area contributed by atoms with Gasteiger partial charge in [-0.3, -0.25) is 4.98 Å². The second kappa shape index (κ2) is 3.11. The molecule has 0 amide bonds. The molecule has 1 atom stereocenters. The van der Waals surface area contributed by atoms with Crippen molar-refractivity contribution in [3.8, 4) is 0 Å². The summed E-state index contributed by atoms with van der Waals surface area (Å²) in [6.07, 6.45) is 5.33. The van der Waals surface area contributed by atoms with E-state index in [0.29, 0.717) is 5.92 Å². The second-order valence-corrected chi connectivity index (χ2v) is 4.01. The summed E-state index contributed by atoms with van der Waals surface area (Å²) in [4.78, 5) is 4.17. The van der Waals surface area contributed by atoms with Crippen LogP contribution in [0.3, 0.4) is 0 Å². The fourth-order valence-electron chi connectivity index (χ4n) is 2.03. The zero-order valence-corrected chi connectivity index (χ0v) is 8.12. The van der Waals surface area contributed by atoms with Crippen molar-refractivity contribution >= 4 is 0 Å². The van der Waals surface area contributed by atoms with Gasteiger partial charge in [-0.25, -0.2) is 0 Å². The standard InChI is InChI=1S/C11H15NO/c1-7(2)9-5-12-6-10-8(9)3-4-11(10)13/h5-7,11,13H,3-4H2,1-2H3. The van der Waals surface area contributed by atoms with Crippen molar-refractivity contribution in [2.45, 2.75) is 38.7 Å². The number of fused-ring (bicyclic) bond motifs is 1. The lowest BCUT2D eigenvalue weighted by atomic mass is 9.97. The van der Waals surface area contributed by atoms with E-state index in [-0.39, 0.29) is 6.10 Å². The van der Waals surface area contributed by atoms with Gasteiger partial charge in [0.1, 0.15) is 0 Å². The van der Waals surface area contributed by atoms with Crippen molar-refractivity contribution in [3.63, 3.8) is 0 Å². The van der Waals surface area contributed by atoms with E-state index in [1.165, 1.54) is 11.1 Å². The van der Waals surface area contributed by atoms with Crippen LogP contribution < -0.4 is 0 Å². The summed E-state index contributed by atoms with van der Waals surface area (Å²) in [7, 11) is 0. The molecule has 2 rings (SSSR count). The van der Waals surface area contributed by atoms with Crippen molar-refractivity contribution in [3.05, 3.63) is 29.1 Å². The monoisotopic (exact) mass is 177 g/mol. The smallest absolute Gasteiger partial charge is 0.0810 e. The van der Waals surface area contributed by atoms with Gasteiger partial charge in [0.25, 0.3) is 0 Å². The van der Waals surface area contributed by atoms with Crippen LogP contribution in [0.15, 0.2) is 12.4 Å². The van der Waals surface area contributed by atoms with Gasteiger partial charge in [-0.2, -0.15) is 0 Å². The van der Waals surface area contributed by atoms with Crippen molar-refractivity contribution in [1.82, 2.24) is 4.98 Å². The van der Waals surface area contributed by atoms with E-state index in [0.717, 1.165) is 18.4 Å². The highest BCUT2D eigenvalue weighted by Crippen LogP contribution is 2.34. The maximum atomic E-state index is 9.65. The molecule has 1 aromatic heterocycles. The molecule has 0 spiro atoms. The summed E-state index contributed by atoms with van der Waals surface area (Å²) in [5, 5.41) is 9.65. The lowest BCUT2D eigenvalue weighted by molar-refractivity contribution is 0.179. The molecule has 1 aromatic rings. The third-order valence-corrected chi connectivity index (χ3v) is 2.77. The van der Waals surface area contributed by atoms with Crippen molar-refractivity contribution in [2.24, 2.45) is 0 Å². The van der Waals surface area contributed by atoms with E-state index in [1.807, 2.05) is 6.20 Å². The molecule has 0 saturated carbocycles. The van der Waals surface area contributed by atoms with Crippen LogP contribution in [0.1, 0.15) is 49.0 Å². The van der Waals surface area contributed by atoms with Gasteiger partial charge in [-0.05, 0) is 29.9 Å². The molecule has 1 N–H and O–H groups in total. The molecule has 0 aromatic carbocycles. The minimum absolute atomic E-state index is 0.277. The summed E-state index contributed by atoms with van der Waals surface area (Å²) in [5.41, 5.74) is 3.68. The molecule has 2 nitrogen and oxygen atoms in total. The summed E-state index contributed by atoms with van der Waals surface area (Å²) < 4.78 is 0. The third-order valence-electron chi connectivity index (χ3n) is 2.77. The van der Waals surface area contributed by atoms with Crippen LogP contribution in [0.25, 0.3) is 0 Å². The fourth-order valence-corrected chi connectivity index (χ4v) is 2.03. The van der Waals surface area contributed by atoms with Gasteiger partial charge in [0.15, 0.2) is 0 Å². The quantitative estimate of drug-likeness (QED) is 0.713. The minimum Gasteiger partial charge on any atom is -0.388 e. The van der Waals surface area contributed by atoms with Gasteiger partial charge < -0.3 is 5.11 Å². The first kappa shape index (κ1) is 8.70. The number of hydrogen-bond acceptors (Lipinski definition) is 2. The lowest BCUT2D eigenvalue weighted by Gasteiger charge is -2.10. The molecular weight excluding hydrogens is 162 g/mol. The maximum absolute atomic E-state index is 9.65. The van der Waals surface area contributed by atoms with Crippen LogP contribution in [-0.4, -0.2) is 10.1 Å². The Balaban J connectivity index is 2.51. The number of hydrogen-bond donors (Lipinski definition) is 1. The van der Waals surface area contributed by atoms with Crippen LogP contribution in [-0.2, 0) is 6.42 Å². The molecule has 13 heavy (non-hydrogen) atoms. The first-order chi connectivity index (χ1) is 6.20. The Morgan fingerprint density at radius 2 is 2.23 bits per heavy atom. The number of nitrogens with zero attached hydrogens (tertiary/aromatic N) is 1. The normalized spacial score (nSPS) is 20.8. The minimum atomic E-state index is -0.277. The second-order valence-electron chi connectivity index (χ2n) is 4.01. The summed E-state index contributed by atoms with van der Waals surface area (Å²) in [6, 6.07) is 0. The van der Waals surface area contributed by atoms with Crippen molar-refractivity contribution in [1.29, 1.82) is 0 Å². The van der Waals surface area contributed by atoms with Gasteiger partial charge in [0, 0.05) is 18.0 Å². The van der Waals surface area contributed by atoms with Crippen LogP contribution >= 0.6 is 0 Å². The van der Waals surface area contributed by atoms with Gasteiger partial charge in [-0.15, -0.1) is 0 Å². The molecule has 0 bridgehead atoms. The summed E-state index contributed by atoms with van der Waals surface area (Å²) in [5.74, 6) is 0.507. The number of aromatic nitrogens is 1. The highest BCUT2D eigenvalue weighted by Gasteiger charge is 2.23. The molecule has 70 valence electrons. The Bertz CT molecular complexity index is 320. The molecule has 2 heteroatoms. The molecule has 0 aliphatic heterocycles. The van der Waals surface area contributed by atoms with E-state index < -0.39 is 0 Å². The molecular formula is C11H15NO. The molecule has 0 radical (unpaired) electrons. The van der Waals surface area contributed by atoms with Crippen LogP contribution in [0.4, 0.5) is 0 Å². The van der Waals surface area contributed by atoms with Gasteiger partial charge in [-0.1, -0.05) is 13.8 Å².